The molecule has 2 aromatic rings. The Morgan fingerprint density at radius 2 is 1.73 bits per heavy atom. The van der Waals surface area contributed by atoms with Crippen LogP contribution in [0, 0.1) is 0 Å². The van der Waals surface area contributed by atoms with Crippen molar-refractivity contribution >= 4 is 11.6 Å². The summed E-state index contributed by atoms with van der Waals surface area (Å²) in [7, 11) is 4.79. The van der Waals surface area contributed by atoms with Gasteiger partial charge in [-0.2, -0.15) is 0 Å². The zero-order valence-corrected chi connectivity index (χ0v) is 15.7. The monoisotopic (exact) mass is 358 g/mol. The highest BCUT2D eigenvalue weighted by molar-refractivity contribution is 5.92. The molecule has 0 aromatic heterocycles. The van der Waals surface area contributed by atoms with E-state index in [1.165, 1.54) is 0 Å². The number of anilines is 1. The molecule has 0 heterocycles. The number of hydrogen-bond donors (Lipinski definition) is 2. The minimum Gasteiger partial charge on any atom is -0.497 e. The molecule has 0 aliphatic heterocycles. The van der Waals surface area contributed by atoms with Crippen molar-refractivity contribution in [1.29, 1.82) is 0 Å². The van der Waals surface area contributed by atoms with E-state index in [1.807, 2.05) is 31.2 Å². The fourth-order valence-electron chi connectivity index (χ4n) is 2.53. The normalized spacial score (nSPS) is 11.5. The number of ether oxygens (including phenoxy) is 3. The van der Waals surface area contributed by atoms with Gasteiger partial charge in [-0.1, -0.05) is 12.1 Å². The van der Waals surface area contributed by atoms with Crippen molar-refractivity contribution in [3.8, 4) is 17.2 Å². The lowest BCUT2D eigenvalue weighted by molar-refractivity contribution is -0.116. The summed E-state index contributed by atoms with van der Waals surface area (Å²) in [4.78, 5) is 12.3. The molecule has 0 spiro atoms. The molecule has 1 unspecified atom stereocenters. The highest BCUT2D eigenvalue weighted by Crippen LogP contribution is 2.29. The number of hydrogen-bond acceptors (Lipinski definition) is 5. The van der Waals surface area contributed by atoms with Gasteiger partial charge in [0.05, 0.1) is 27.0 Å². The topological polar surface area (TPSA) is 68.8 Å². The number of carbonyl (C=O) groups is 1. The van der Waals surface area contributed by atoms with Gasteiger partial charge >= 0.3 is 0 Å². The second-order valence-electron chi connectivity index (χ2n) is 5.95. The molecule has 2 N–H and O–H groups in total. The molecule has 1 amide bonds. The fraction of sp³-hybridized carbons (Fsp3) is 0.350. The van der Waals surface area contributed by atoms with Crippen LogP contribution in [0.5, 0.6) is 17.2 Å². The average molecular weight is 358 g/mol. The number of benzene rings is 2. The van der Waals surface area contributed by atoms with E-state index in [0.717, 1.165) is 11.3 Å². The predicted molar refractivity (Wildman–Crippen MR) is 102 cm³/mol. The molecule has 6 nitrogen and oxygen atoms in total. The predicted octanol–water partition coefficient (Wildman–Crippen LogP) is 3.22. The van der Waals surface area contributed by atoms with Gasteiger partial charge in [0.1, 0.15) is 17.2 Å². The van der Waals surface area contributed by atoms with Crippen molar-refractivity contribution in [3.63, 3.8) is 0 Å². The van der Waals surface area contributed by atoms with Crippen LogP contribution in [0.2, 0.25) is 0 Å². The molecule has 6 heteroatoms. The first kappa shape index (κ1) is 19.6. The highest BCUT2D eigenvalue weighted by atomic mass is 16.5. The van der Waals surface area contributed by atoms with Crippen LogP contribution in [0.4, 0.5) is 5.69 Å². The van der Waals surface area contributed by atoms with E-state index < -0.39 is 0 Å². The van der Waals surface area contributed by atoms with Gasteiger partial charge in [-0.15, -0.1) is 0 Å². The van der Waals surface area contributed by atoms with Crippen LogP contribution >= 0.6 is 0 Å². The van der Waals surface area contributed by atoms with E-state index in [9.17, 15) is 4.79 Å². The zero-order valence-electron chi connectivity index (χ0n) is 15.7. The van der Waals surface area contributed by atoms with E-state index in [1.54, 1.807) is 39.5 Å². The molecule has 0 saturated carbocycles. The van der Waals surface area contributed by atoms with E-state index in [2.05, 4.69) is 10.6 Å². The Kier molecular flexibility index (Phi) is 7.29. The summed E-state index contributed by atoms with van der Waals surface area (Å²) in [5.41, 5.74) is 1.73. The quantitative estimate of drug-likeness (QED) is 0.720. The number of carbonyl (C=O) groups excluding carboxylic acids is 1. The summed E-state index contributed by atoms with van der Waals surface area (Å²) in [6.45, 7) is 2.64. The SMILES string of the molecule is COc1cccc(CNC(C)CC(=O)Nc2ccc(OC)cc2OC)c1. The van der Waals surface area contributed by atoms with Gasteiger partial charge in [-0.25, -0.2) is 0 Å². The van der Waals surface area contributed by atoms with Gasteiger partial charge < -0.3 is 24.8 Å². The molecule has 1 atom stereocenters. The van der Waals surface area contributed by atoms with Crippen LogP contribution in [-0.2, 0) is 11.3 Å². The van der Waals surface area contributed by atoms with Gasteiger partial charge in [0.2, 0.25) is 5.91 Å². The molecule has 2 rings (SSSR count). The molecule has 0 fully saturated rings. The van der Waals surface area contributed by atoms with E-state index in [4.69, 9.17) is 14.2 Å². The van der Waals surface area contributed by atoms with E-state index in [0.29, 0.717) is 30.2 Å². The molecule has 0 radical (unpaired) electrons. The van der Waals surface area contributed by atoms with E-state index >= 15 is 0 Å². The van der Waals surface area contributed by atoms with Crippen LogP contribution < -0.4 is 24.8 Å². The number of nitrogens with one attached hydrogen (secondary N) is 2. The van der Waals surface area contributed by atoms with Crippen LogP contribution in [0.25, 0.3) is 0 Å². The van der Waals surface area contributed by atoms with Crippen molar-refractivity contribution in [2.24, 2.45) is 0 Å². The van der Waals surface area contributed by atoms with Gasteiger partial charge in [-0.3, -0.25) is 4.79 Å². The fourth-order valence-corrected chi connectivity index (χ4v) is 2.53. The Bertz CT molecular complexity index is 734. The van der Waals surface area contributed by atoms with Crippen LogP contribution in [-0.4, -0.2) is 33.3 Å². The second kappa shape index (κ2) is 9.68. The number of amides is 1. The Hall–Kier alpha value is -2.73. The first-order chi connectivity index (χ1) is 12.5. The van der Waals surface area contributed by atoms with Crippen molar-refractivity contribution in [3.05, 3.63) is 48.0 Å². The first-order valence-electron chi connectivity index (χ1n) is 8.44. The smallest absolute Gasteiger partial charge is 0.226 e. The highest BCUT2D eigenvalue weighted by Gasteiger charge is 2.12. The third-order valence-corrected chi connectivity index (χ3v) is 3.96. The third-order valence-electron chi connectivity index (χ3n) is 3.96. The summed E-state index contributed by atoms with van der Waals surface area (Å²) >= 11 is 0. The maximum atomic E-state index is 12.3. The number of methoxy groups -OCH3 is 3. The second-order valence-corrected chi connectivity index (χ2v) is 5.95. The van der Waals surface area contributed by atoms with Gasteiger partial charge in [0.25, 0.3) is 0 Å². The molecule has 0 aliphatic carbocycles. The molecule has 26 heavy (non-hydrogen) atoms. The minimum absolute atomic E-state index is 0.0189. The van der Waals surface area contributed by atoms with Gasteiger partial charge in [0.15, 0.2) is 0 Å². The molecular weight excluding hydrogens is 332 g/mol. The molecule has 0 saturated heterocycles. The largest absolute Gasteiger partial charge is 0.497 e. The van der Waals surface area contributed by atoms with E-state index in [-0.39, 0.29) is 11.9 Å². The van der Waals surface area contributed by atoms with Crippen LogP contribution in [0.15, 0.2) is 42.5 Å². The van der Waals surface area contributed by atoms with Gasteiger partial charge in [0, 0.05) is 25.1 Å². The molecule has 0 bridgehead atoms. The number of rotatable bonds is 9. The standard InChI is InChI=1S/C20H26N2O4/c1-14(21-13-15-6-5-7-16(11-15)24-2)10-20(23)22-18-9-8-17(25-3)12-19(18)26-4/h5-9,11-12,14,21H,10,13H2,1-4H3,(H,22,23). The molecule has 2 aromatic carbocycles. The lowest BCUT2D eigenvalue weighted by Crippen LogP contribution is -2.30. The minimum atomic E-state index is -0.0842. The maximum absolute atomic E-state index is 12.3. The maximum Gasteiger partial charge on any atom is 0.226 e. The lowest BCUT2D eigenvalue weighted by atomic mass is 10.1. The Morgan fingerprint density at radius 1 is 1.00 bits per heavy atom. The molecular formula is C20H26N2O4. The van der Waals surface area contributed by atoms with Crippen molar-refractivity contribution in [1.82, 2.24) is 5.32 Å². The summed E-state index contributed by atoms with van der Waals surface area (Å²) in [5.74, 6) is 1.98. The van der Waals surface area contributed by atoms with Crippen LogP contribution in [0.1, 0.15) is 18.9 Å². The van der Waals surface area contributed by atoms with Crippen molar-refractivity contribution in [2.45, 2.75) is 25.9 Å². The third kappa shape index (κ3) is 5.67. The summed E-state index contributed by atoms with van der Waals surface area (Å²) in [5, 5.41) is 6.23. The van der Waals surface area contributed by atoms with Gasteiger partial charge in [-0.05, 0) is 36.8 Å². The summed E-state index contributed by atoms with van der Waals surface area (Å²) in [6, 6.07) is 13.1. The van der Waals surface area contributed by atoms with Crippen molar-refractivity contribution < 1.29 is 19.0 Å². The van der Waals surface area contributed by atoms with Crippen molar-refractivity contribution in [2.75, 3.05) is 26.6 Å². The first-order valence-corrected chi connectivity index (χ1v) is 8.44. The molecule has 0 aliphatic rings. The average Bonchev–Trinajstić information content (AvgIpc) is 2.66. The summed E-state index contributed by atoms with van der Waals surface area (Å²) < 4.78 is 15.7. The van der Waals surface area contributed by atoms with Crippen LogP contribution in [0.3, 0.4) is 0 Å². The summed E-state index contributed by atoms with van der Waals surface area (Å²) in [6.07, 6.45) is 0.346. The Labute approximate surface area is 154 Å². The molecule has 140 valence electrons. The Morgan fingerprint density at radius 3 is 2.42 bits per heavy atom. The lowest BCUT2D eigenvalue weighted by Gasteiger charge is -2.15. The zero-order chi connectivity index (χ0) is 18.9. The Balaban J connectivity index is 1.87.